The third-order valence-electron chi connectivity index (χ3n) is 4.77. The molecular formula is C20H21Cl2FN2O4S. The first-order chi connectivity index (χ1) is 14.1. The fourth-order valence-electron chi connectivity index (χ4n) is 3.34. The second kappa shape index (κ2) is 9.51. The highest BCUT2D eigenvalue weighted by Crippen LogP contribution is 2.29. The van der Waals surface area contributed by atoms with Gasteiger partial charge in [0.2, 0.25) is 10.0 Å². The van der Waals surface area contributed by atoms with E-state index in [0.717, 1.165) is 49.9 Å². The van der Waals surface area contributed by atoms with Gasteiger partial charge in [-0.2, -0.15) is 0 Å². The van der Waals surface area contributed by atoms with Crippen molar-refractivity contribution in [1.29, 1.82) is 0 Å². The maximum absolute atomic E-state index is 14.3. The highest BCUT2D eigenvalue weighted by atomic mass is 35.5. The van der Waals surface area contributed by atoms with Gasteiger partial charge in [-0.15, -0.1) is 0 Å². The van der Waals surface area contributed by atoms with Gasteiger partial charge in [-0.05, 0) is 43.1 Å². The Bertz CT molecular complexity index is 1030. The van der Waals surface area contributed by atoms with Crippen molar-refractivity contribution in [3.63, 3.8) is 0 Å². The zero-order valence-corrected chi connectivity index (χ0v) is 18.5. The second-order valence-corrected chi connectivity index (χ2v) is 9.76. The molecule has 1 heterocycles. The van der Waals surface area contributed by atoms with E-state index in [0.29, 0.717) is 11.6 Å². The van der Waals surface area contributed by atoms with Crippen LogP contribution in [0.1, 0.15) is 28.8 Å². The molecule has 1 amide bonds. The lowest BCUT2D eigenvalue weighted by molar-refractivity contribution is 0.0977. The lowest BCUT2D eigenvalue weighted by Gasteiger charge is -2.25. The number of ether oxygens (including phenoxy) is 1. The van der Waals surface area contributed by atoms with Crippen LogP contribution < -0.4 is 9.46 Å². The van der Waals surface area contributed by atoms with Crippen LogP contribution in [0.4, 0.5) is 4.39 Å². The number of nitrogens with zero attached hydrogens (tertiary/aromatic N) is 1. The molecular weight excluding hydrogens is 454 g/mol. The van der Waals surface area contributed by atoms with E-state index in [1.54, 1.807) is 4.72 Å². The Labute approximate surface area is 185 Å². The summed E-state index contributed by atoms with van der Waals surface area (Å²) in [7, 11) is -3.82. The number of sulfonamides is 1. The van der Waals surface area contributed by atoms with E-state index < -0.39 is 27.3 Å². The van der Waals surface area contributed by atoms with E-state index in [4.69, 9.17) is 27.9 Å². The quantitative estimate of drug-likeness (QED) is 0.658. The van der Waals surface area contributed by atoms with Crippen molar-refractivity contribution in [1.82, 2.24) is 9.62 Å². The Morgan fingerprint density at radius 3 is 2.63 bits per heavy atom. The van der Waals surface area contributed by atoms with Crippen molar-refractivity contribution in [3.05, 3.63) is 63.4 Å². The maximum Gasteiger partial charge on any atom is 0.267 e. The Kier molecular flexibility index (Phi) is 7.23. The molecule has 1 N–H and O–H groups in total. The van der Waals surface area contributed by atoms with Crippen LogP contribution in [0.25, 0.3) is 0 Å². The smallest absolute Gasteiger partial charge is 0.267 e. The van der Waals surface area contributed by atoms with Gasteiger partial charge in [0.15, 0.2) is 0 Å². The molecule has 2 aromatic rings. The van der Waals surface area contributed by atoms with Gasteiger partial charge >= 0.3 is 0 Å². The minimum absolute atomic E-state index is 0.0253. The largest absolute Gasteiger partial charge is 0.490 e. The van der Waals surface area contributed by atoms with Crippen LogP contribution in [-0.4, -0.2) is 44.7 Å². The molecule has 1 atom stereocenters. The molecule has 0 bridgehead atoms. The van der Waals surface area contributed by atoms with E-state index in [1.165, 1.54) is 0 Å². The Morgan fingerprint density at radius 2 is 1.97 bits per heavy atom. The highest BCUT2D eigenvalue weighted by Gasteiger charge is 2.26. The Balaban J connectivity index is 1.65. The van der Waals surface area contributed by atoms with Crippen LogP contribution in [0.2, 0.25) is 10.0 Å². The molecule has 1 saturated heterocycles. The van der Waals surface area contributed by atoms with Gasteiger partial charge in [0.05, 0.1) is 16.8 Å². The van der Waals surface area contributed by atoms with Gasteiger partial charge in [0.1, 0.15) is 18.2 Å². The molecule has 1 fully saturated rings. The predicted molar refractivity (Wildman–Crippen MR) is 114 cm³/mol. The summed E-state index contributed by atoms with van der Waals surface area (Å²) in [6, 6.07) is 9.85. The summed E-state index contributed by atoms with van der Waals surface area (Å²) >= 11 is 12.1. The van der Waals surface area contributed by atoms with Gasteiger partial charge in [0, 0.05) is 23.7 Å². The van der Waals surface area contributed by atoms with E-state index in [1.807, 2.05) is 24.3 Å². The zero-order chi connectivity index (χ0) is 21.9. The zero-order valence-electron chi connectivity index (χ0n) is 16.2. The number of hydrogen-bond donors (Lipinski definition) is 1. The lowest BCUT2D eigenvalue weighted by Crippen LogP contribution is -2.33. The molecule has 1 aliphatic rings. The number of amides is 1. The fourth-order valence-corrected chi connectivity index (χ4v) is 4.13. The van der Waals surface area contributed by atoms with Gasteiger partial charge in [-0.25, -0.2) is 17.5 Å². The molecule has 0 spiro atoms. The number of rotatable bonds is 7. The predicted octanol–water partition coefficient (Wildman–Crippen LogP) is 3.87. The lowest BCUT2D eigenvalue weighted by atomic mass is 10.2. The molecule has 162 valence electrons. The highest BCUT2D eigenvalue weighted by molar-refractivity contribution is 7.89. The number of halogens is 3. The van der Waals surface area contributed by atoms with Crippen molar-refractivity contribution in [3.8, 4) is 5.75 Å². The average molecular weight is 475 g/mol. The molecule has 1 aliphatic heterocycles. The minimum Gasteiger partial charge on any atom is -0.490 e. The van der Waals surface area contributed by atoms with E-state index in [-0.39, 0.29) is 16.8 Å². The van der Waals surface area contributed by atoms with Crippen LogP contribution in [0.5, 0.6) is 5.75 Å². The summed E-state index contributed by atoms with van der Waals surface area (Å²) in [4.78, 5) is 14.2. The number of hydrogen-bond acceptors (Lipinski definition) is 5. The van der Waals surface area contributed by atoms with Gasteiger partial charge in [0.25, 0.3) is 5.91 Å². The van der Waals surface area contributed by atoms with Crippen molar-refractivity contribution in [2.45, 2.75) is 25.4 Å². The van der Waals surface area contributed by atoms with Crippen LogP contribution in [0.3, 0.4) is 0 Å². The molecule has 30 heavy (non-hydrogen) atoms. The van der Waals surface area contributed by atoms with Crippen LogP contribution in [-0.2, 0) is 16.6 Å². The maximum atomic E-state index is 14.3. The summed E-state index contributed by atoms with van der Waals surface area (Å²) in [6.45, 7) is 1.98. The molecule has 2 aromatic carbocycles. The summed E-state index contributed by atoms with van der Waals surface area (Å²) < 4.78 is 44.2. The van der Waals surface area contributed by atoms with Crippen molar-refractivity contribution in [2.24, 2.45) is 0 Å². The third kappa shape index (κ3) is 6.07. The number of benzene rings is 2. The molecule has 0 aromatic heterocycles. The van der Waals surface area contributed by atoms with Crippen molar-refractivity contribution in [2.75, 3.05) is 19.4 Å². The summed E-state index contributed by atoms with van der Waals surface area (Å²) in [5, 5.41) is 0.711. The SMILES string of the molecule is CS(=O)(=O)NC(=O)c1cc(Cl)c(OC[C@H]2CCCN2Cc2ccc(Cl)cc2)cc1F. The summed E-state index contributed by atoms with van der Waals surface area (Å²) in [5.74, 6) is -1.91. The van der Waals surface area contributed by atoms with Crippen LogP contribution in [0.15, 0.2) is 36.4 Å². The van der Waals surface area contributed by atoms with Crippen LogP contribution in [0, 0.1) is 5.82 Å². The first-order valence-corrected chi connectivity index (χ1v) is 11.9. The monoisotopic (exact) mass is 474 g/mol. The van der Waals surface area contributed by atoms with E-state index >= 15 is 0 Å². The topological polar surface area (TPSA) is 75.7 Å². The molecule has 10 heteroatoms. The Morgan fingerprint density at radius 1 is 1.27 bits per heavy atom. The Hall–Kier alpha value is -1.87. The number of likely N-dealkylation sites (tertiary alicyclic amines) is 1. The van der Waals surface area contributed by atoms with E-state index in [2.05, 4.69) is 4.90 Å². The summed E-state index contributed by atoms with van der Waals surface area (Å²) in [5.41, 5.74) is 0.666. The van der Waals surface area contributed by atoms with Crippen LogP contribution >= 0.6 is 23.2 Å². The first-order valence-electron chi connectivity index (χ1n) is 9.25. The average Bonchev–Trinajstić information content (AvgIpc) is 3.09. The van der Waals surface area contributed by atoms with Gasteiger partial charge in [-0.3, -0.25) is 9.69 Å². The van der Waals surface area contributed by atoms with E-state index in [9.17, 15) is 17.6 Å². The molecule has 0 radical (unpaired) electrons. The van der Waals surface area contributed by atoms with Gasteiger partial charge < -0.3 is 4.74 Å². The molecule has 0 unspecified atom stereocenters. The van der Waals surface area contributed by atoms with Crippen molar-refractivity contribution >= 4 is 39.1 Å². The normalized spacial score (nSPS) is 17.1. The summed E-state index contributed by atoms with van der Waals surface area (Å²) in [6.07, 6.45) is 2.76. The molecule has 0 saturated carbocycles. The van der Waals surface area contributed by atoms with Gasteiger partial charge in [-0.1, -0.05) is 35.3 Å². The second-order valence-electron chi connectivity index (χ2n) is 7.17. The molecule has 6 nitrogen and oxygen atoms in total. The standard InChI is InChI=1S/C20H21Cl2FN2O4S/c1-30(27,28)24-20(26)16-9-17(22)19(10-18(16)23)29-12-15-3-2-8-25(15)11-13-4-6-14(21)7-5-13/h4-7,9-10,15H,2-3,8,11-12H2,1H3,(H,24,26)/t15-/m1/s1. The fraction of sp³-hybridized carbons (Fsp3) is 0.350. The minimum atomic E-state index is -3.82. The molecule has 0 aliphatic carbocycles. The molecule has 3 rings (SSSR count). The number of carbonyl (C=O) groups is 1. The van der Waals surface area contributed by atoms with Crippen molar-refractivity contribution < 1.29 is 22.3 Å². The first kappa shape index (κ1) is 22.8. The number of carbonyl (C=O) groups excluding carboxylic acids is 1. The third-order valence-corrected chi connectivity index (χ3v) is 5.88. The number of nitrogens with one attached hydrogen (secondary N) is 1.